The monoisotopic (exact) mass is 512 g/mol. The van der Waals surface area contributed by atoms with Crippen LogP contribution in [0.4, 0.5) is 4.39 Å². The number of benzene rings is 2. The average molecular weight is 513 g/mol. The largest absolute Gasteiger partial charge is 0.495 e. The Morgan fingerprint density at radius 3 is 1.94 bits per heavy atom. The molecule has 4 nitrogen and oxygen atoms in total. The van der Waals surface area contributed by atoms with Crippen molar-refractivity contribution in [3.63, 3.8) is 0 Å². The van der Waals surface area contributed by atoms with E-state index in [1.807, 2.05) is 52.0 Å². The average Bonchev–Trinajstić information content (AvgIpc) is 3.00. The number of ether oxygens (including phenoxy) is 2. The molecule has 1 saturated heterocycles. The molecular formula is C29H42BFO4Si. The zero-order valence-electron chi connectivity index (χ0n) is 23.8. The Bertz CT molecular complexity index is 1110. The number of rotatable bonds is 7. The summed E-state index contributed by atoms with van der Waals surface area (Å²) in [6, 6.07) is 9.71. The van der Waals surface area contributed by atoms with Crippen LogP contribution in [0, 0.1) is 11.5 Å². The molecule has 36 heavy (non-hydrogen) atoms. The van der Waals surface area contributed by atoms with Gasteiger partial charge in [-0.2, -0.15) is 4.39 Å². The van der Waals surface area contributed by atoms with Crippen molar-refractivity contribution in [1.29, 1.82) is 0 Å². The molecule has 1 heterocycles. The quantitative estimate of drug-likeness (QED) is 0.228. The van der Waals surface area contributed by atoms with E-state index in [1.165, 1.54) is 7.11 Å². The van der Waals surface area contributed by atoms with E-state index in [0.29, 0.717) is 27.9 Å². The first-order chi connectivity index (χ1) is 16.7. The molecule has 0 bridgehead atoms. The van der Waals surface area contributed by atoms with Gasteiger partial charge in [-0.15, -0.1) is 5.54 Å². The summed E-state index contributed by atoms with van der Waals surface area (Å²) in [4.78, 5) is 0. The molecule has 0 radical (unpaired) electrons. The molecule has 1 fully saturated rings. The van der Waals surface area contributed by atoms with Crippen LogP contribution in [0.5, 0.6) is 5.75 Å². The molecule has 0 spiro atoms. The van der Waals surface area contributed by atoms with Gasteiger partial charge in [0.25, 0.3) is 0 Å². The number of alkyl halides is 1. The van der Waals surface area contributed by atoms with Gasteiger partial charge < -0.3 is 18.8 Å². The van der Waals surface area contributed by atoms with Crippen LogP contribution in [0.1, 0.15) is 74.8 Å². The van der Waals surface area contributed by atoms with Crippen molar-refractivity contribution in [2.75, 3.05) is 7.11 Å². The summed E-state index contributed by atoms with van der Waals surface area (Å²) in [5.74, 6) is 3.88. The first-order valence-electron chi connectivity index (χ1n) is 13.0. The maximum Gasteiger partial charge on any atom is 0.495 e. The van der Waals surface area contributed by atoms with Crippen LogP contribution in [-0.4, -0.2) is 40.0 Å². The van der Waals surface area contributed by atoms with Gasteiger partial charge in [-0.05, 0) is 61.2 Å². The van der Waals surface area contributed by atoms with Crippen LogP contribution in [0.3, 0.4) is 0 Å². The topological polar surface area (TPSA) is 36.9 Å². The van der Waals surface area contributed by atoms with Gasteiger partial charge in [0.15, 0.2) is 0 Å². The second-order valence-corrected chi connectivity index (χ2v) is 17.3. The number of fused-ring (bicyclic) bond motifs is 1. The molecule has 0 saturated carbocycles. The predicted molar refractivity (Wildman–Crippen MR) is 150 cm³/mol. The van der Waals surface area contributed by atoms with Gasteiger partial charge in [0, 0.05) is 12.5 Å². The summed E-state index contributed by atoms with van der Waals surface area (Å²) >= 11 is 0. The lowest BCUT2D eigenvalue weighted by Gasteiger charge is -2.38. The lowest BCUT2D eigenvalue weighted by Crippen LogP contribution is -2.43. The van der Waals surface area contributed by atoms with Gasteiger partial charge >= 0.3 is 13.7 Å². The van der Waals surface area contributed by atoms with Crippen LogP contribution in [0.25, 0.3) is 10.8 Å². The molecule has 7 heteroatoms. The minimum Gasteiger partial charge on any atom is -0.437 e. The molecule has 1 atom stereocenters. The normalized spacial score (nSPS) is 18.1. The van der Waals surface area contributed by atoms with Gasteiger partial charge in [0.05, 0.1) is 16.8 Å². The highest BCUT2D eigenvalue weighted by Gasteiger charge is 2.52. The Morgan fingerprint density at radius 2 is 1.44 bits per heavy atom. The van der Waals surface area contributed by atoms with Gasteiger partial charge in [-0.3, -0.25) is 0 Å². The maximum absolute atomic E-state index is 14.3. The fraction of sp³-hybridized carbons (Fsp3) is 0.586. The van der Waals surface area contributed by atoms with E-state index < -0.39 is 32.9 Å². The van der Waals surface area contributed by atoms with E-state index in [9.17, 15) is 4.39 Å². The molecule has 0 N–H and O–H groups in total. The van der Waals surface area contributed by atoms with Crippen molar-refractivity contribution in [3.8, 4) is 17.2 Å². The van der Waals surface area contributed by atoms with Crippen molar-refractivity contribution in [2.24, 2.45) is 0 Å². The fourth-order valence-corrected chi connectivity index (χ4v) is 10.7. The molecule has 1 aliphatic heterocycles. The van der Waals surface area contributed by atoms with E-state index >= 15 is 0 Å². The lowest BCUT2D eigenvalue weighted by molar-refractivity contribution is -0.145. The molecular weight excluding hydrogens is 470 g/mol. The zero-order valence-corrected chi connectivity index (χ0v) is 24.8. The Morgan fingerprint density at radius 1 is 0.889 bits per heavy atom. The fourth-order valence-electron chi connectivity index (χ4n) is 5.53. The second-order valence-electron chi connectivity index (χ2n) is 11.7. The van der Waals surface area contributed by atoms with Crippen molar-refractivity contribution < 1.29 is 23.2 Å². The predicted octanol–water partition coefficient (Wildman–Crippen LogP) is 6.99. The summed E-state index contributed by atoms with van der Waals surface area (Å²) in [5.41, 5.74) is 5.69. The molecule has 0 aromatic heterocycles. The summed E-state index contributed by atoms with van der Waals surface area (Å²) in [6.07, 6.45) is 0. The maximum atomic E-state index is 14.3. The van der Waals surface area contributed by atoms with Gasteiger partial charge in [0.1, 0.15) is 13.8 Å². The minimum atomic E-state index is -2.07. The third-order valence-electron chi connectivity index (χ3n) is 8.22. The smallest absolute Gasteiger partial charge is 0.437 e. The summed E-state index contributed by atoms with van der Waals surface area (Å²) < 4.78 is 37.5. The second kappa shape index (κ2) is 10.5. The van der Waals surface area contributed by atoms with Gasteiger partial charge in [-0.1, -0.05) is 71.7 Å². The third-order valence-corrected chi connectivity index (χ3v) is 14.5. The van der Waals surface area contributed by atoms with Crippen LogP contribution in [-0.2, 0) is 14.0 Å². The number of hydrogen-bond donors (Lipinski definition) is 0. The molecule has 196 valence electrons. The first kappa shape index (κ1) is 28.7. The SMILES string of the molecule is COC(F)Oc1ccc2cccc(B3OC(C)(C)C(C)(C)O3)c2c1C#C[Si](C(C)C)(C(C)C)C(C)C. The summed E-state index contributed by atoms with van der Waals surface area (Å²) in [6.45, 7) is 19.9. The Kier molecular flexibility index (Phi) is 8.37. The van der Waals surface area contributed by atoms with Crippen LogP contribution < -0.4 is 10.2 Å². The van der Waals surface area contributed by atoms with Gasteiger partial charge in [0.2, 0.25) is 0 Å². The van der Waals surface area contributed by atoms with Crippen LogP contribution in [0.15, 0.2) is 30.3 Å². The molecule has 1 unspecified atom stereocenters. The lowest BCUT2D eigenvalue weighted by atomic mass is 9.75. The van der Waals surface area contributed by atoms with Crippen LogP contribution in [0.2, 0.25) is 16.6 Å². The highest BCUT2D eigenvalue weighted by molar-refractivity contribution is 6.90. The molecule has 2 aromatic carbocycles. The Labute approximate surface area is 218 Å². The number of methoxy groups -OCH3 is 1. The zero-order chi connectivity index (χ0) is 27.1. The first-order valence-corrected chi connectivity index (χ1v) is 15.2. The summed E-state index contributed by atoms with van der Waals surface area (Å²) in [5, 5.41) is 1.83. The standard InChI is InChI=1S/C29H42BFO4Si/c1-19(2)36(20(3)4,21(5)6)18-17-23-25(33-27(31)32-11)16-15-22-13-12-14-24(26(22)23)30-34-28(7,8)29(9,10)35-30/h12-16,19-21,27H,1-11H3. The van der Waals surface area contributed by atoms with E-state index in [0.717, 1.165) is 16.2 Å². The van der Waals surface area contributed by atoms with Crippen LogP contribution >= 0.6 is 0 Å². The van der Waals surface area contributed by atoms with Crippen molar-refractivity contribution in [1.82, 2.24) is 0 Å². The van der Waals surface area contributed by atoms with Crippen molar-refractivity contribution in [2.45, 2.75) is 104 Å². The summed E-state index contributed by atoms with van der Waals surface area (Å²) in [7, 11) is -1.37. The minimum absolute atomic E-state index is 0.354. The Balaban J connectivity index is 2.33. The third kappa shape index (κ3) is 5.11. The highest BCUT2D eigenvalue weighted by Crippen LogP contribution is 2.42. The van der Waals surface area contributed by atoms with E-state index in [4.69, 9.17) is 18.8 Å². The molecule has 0 aliphatic carbocycles. The molecule has 3 rings (SSSR count). The van der Waals surface area contributed by atoms with E-state index in [-0.39, 0.29) is 0 Å². The van der Waals surface area contributed by atoms with Gasteiger partial charge in [-0.25, -0.2) is 0 Å². The molecule has 1 aliphatic rings. The highest BCUT2D eigenvalue weighted by atomic mass is 28.3. The van der Waals surface area contributed by atoms with E-state index in [2.05, 4.69) is 53.0 Å². The number of hydrogen-bond acceptors (Lipinski definition) is 4. The van der Waals surface area contributed by atoms with Crippen molar-refractivity contribution in [3.05, 3.63) is 35.9 Å². The molecule has 0 amide bonds. The van der Waals surface area contributed by atoms with E-state index in [1.54, 1.807) is 6.07 Å². The Hall–Kier alpha value is -1.85. The number of halogens is 1. The van der Waals surface area contributed by atoms with Crippen molar-refractivity contribution >= 4 is 31.4 Å². The molecule has 2 aromatic rings.